The monoisotopic (exact) mass is 402 g/mol. The van der Waals surface area contributed by atoms with Gasteiger partial charge in [-0.2, -0.15) is 11.8 Å². The number of carbonyl (C=O) groups is 2. The van der Waals surface area contributed by atoms with E-state index < -0.39 is 11.7 Å². The highest BCUT2D eigenvalue weighted by molar-refractivity contribution is 7.99. The molecule has 0 aromatic heterocycles. The maximum Gasteiger partial charge on any atom is 0.407 e. The summed E-state index contributed by atoms with van der Waals surface area (Å²) in [6.45, 7) is 5.86. The maximum absolute atomic E-state index is 12.2. The Morgan fingerprint density at radius 2 is 1.68 bits per heavy atom. The number of ether oxygens (including phenoxy) is 2. The molecule has 0 aliphatic rings. The molecule has 2 aromatic rings. The molecule has 0 radical (unpaired) electrons. The Bertz CT molecular complexity index is 775. The molecule has 0 bridgehead atoms. The van der Waals surface area contributed by atoms with Crippen LogP contribution in [0.3, 0.4) is 0 Å². The minimum Gasteiger partial charge on any atom is -0.455 e. The number of anilines is 1. The third kappa shape index (κ3) is 8.35. The number of thioether (sulfide) groups is 1. The van der Waals surface area contributed by atoms with Crippen molar-refractivity contribution in [1.82, 2.24) is 5.32 Å². The van der Waals surface area contributed by atoms with E-state index in [2.05, 4.69) is 10.6 Å². The largest absolute Gasteiger partial charge is 0.455 e. The molecule has 2 amide bonds. The predicted octanol–water partition coefficient (Wildman–Crippen LogP) is 4.68. The van der Waals surface area contributed by atoms with E-state index >= 15 is 0 Å². The normalized spacial score (nSPS) is 10.8. The summed E-state index contributed by atoms with van der Waals surface area (Å²) in [5.41, 5.74) is 0.0932. The zero-order valence-corrected chi connectivity index (χ0v) is 17.2. The van der Waals surface area contributed by atoms with Gasteiger partial charge in [-0.15, -0.1) is 0 Å². The minimum absolute atomic E-state index is 0.133. The number of rotatable bonds is 8. The second kappa shape index (κ2) is 10.6. The Kier molecular flexibility index (Phi) is 8.19. The third-order valence-corrected chi connectivity index (χ3v) is 4.24. The summed E-state index contributed by atoms with van der Waals surface area (Å²) in [5.74, 6) is 2.03. The standard InChI is InChI=1S/C21H26N2O4S/c1-21(2,3)27-20(25)22-13-14-28-15-19(24)23-17-11-7-8-12-18(17)26-16-9-5-4-6-10-16/h4-12H,13-15H2,1-3H3,(H,22,25)(H,23,24). The molecule has 2 rings (SSSR count). The zero-order chi connectivity index (χ0) is 20.4. The predicted molar refractivity (Wildman–Crippen MR) is 113 cm³/mol. The van der Waals surface area contributed by atoms with E-state index in [1.807, 2.05) is 63.2 Å². The fraction of sp³-hybridized carbons (Fsp3) is 0.333. The first-order valence-electron chi connectivity index (χ1n) is 9.00. The van der Waals surface area contributed by atoms with Crippen molar-refractivity contribution in [2.75, 3.05) is 23.4 Å². The van der Waals surface area contributed by atoms with E-state index in [1.54, 1.807) is 12.1 Å². The molecule has 0 saturated carbocycles. The Balaban J connectivity index is 1.74. The highest BCUT2D eigenvalue weighted by Gasteiger charge is 2.15. The van der Waals surface area contributed by atoms with Crippen LogP contribution in [0.5, 0.6) is 11.5 Å². The zero-order valence-electron chi connectivity index (χ0n) is 16.4. The molecule has 0 unspecified atom stereocenters. The van der Waals surface area contributed by atoms with E-state index in [4.69, 9.17) is 9.47 Å². The van der Waals surface area contributed by atoms with Crippen LogP contribution in [0, 0.1) is 0 Å². The summed E-state index contributed by atoms with van der Waals surface area (Å²) in [6.07, 6.45) is -0.454. The van der Waals surface area contributed by atoms with Crippen LogP contribution < -0.4 is 15.4 Å². The lowest BCUT2D eigenvalue weighted by atomic mass is 10.2. The summed E-state index contributed by atoms with van der Waals surface area (Å²) >= 11 is 1.43. The van der Waals surface area contributed by atoms with Gasteiger partial charge >= 0.3 is 6.09 Å². The van der Waals surface area contributed by atoms with Gasteiger partial charge in [0.1, 0.15) is 11.4 Å². The molecule has 2 N–H and O–H groups in total. The van der Waals surface area contributed by atoms with Crippen LogP contribution in [0.1, 0.15) is 20.8 Å². The number of carbonyl (C=O) groups excluding carboxylic acids is 2. The number of hydrogen-bond acceptors (Lipinski definition) is 5. The van der Waals surface area contributed by atoms with Gasteiger partial charge in [0.25, 0.3) is 0 Å². The maximum atomic E-state index is 12.2. The molecule has 7 heteroatoms. The van der Waals surface area contributed by atoms with E-state index in [1.165, 1.54) is 11.8 Å². The Morgan fingerprint density at radius 3 is 2.39 bits per heavy atom. The van der Waals surface area contributed by atoms with Gasteiger partial charge in [-0.1, -0.05) is 30.3 Å². The van der Waals surface area contributed by atoms with Crippen LogP contribution in [0.25, 0.3) is 0 Å². The molecule has 0 heterocycles. The second-order valence-corrected chi connectivity index (χ2v) is 8.05. The van der Waals surface area contributed by atoms with Crippen LogP contribution >= 0.6 is 11.8 Å². The molecule has 0 spiro atoms. The van der Waals surface area contributed by atoms with Crippen molar-refractivity contribution < 1.29 is 19.1 Å². The van der Waals surface area contributed by atoms with Crippen molar-refractivity contribution in [2.45, 2.75) is 26.4 Å². The van der Waals surface area contributed by atoms with E-state index in [0.717, 1.165) is 0 Å². The van der Waals surface area contributed by atoms with Gasteiger partial charge in [-0.3, -0.25) is 4.79 Å². The lowest BCUT2D eigenvalue weighted by Gasteiger charge is -2.19. The number of alkyl carbamates (subject to hydrolysis) is 1. The molecule has 28 heavy (non-hydrogen) atoms. The first-order valence-corrected chi connectivity index (χ1v) is 10.2. The van der Waals surface area contributed by atoms with Crippen molar-refractivity contribution in [3.8, 4) is 11.5 Å². The first-order chi connectivity index (χ1) is 13.3. The van der Waals surface area contributed by atoms with Crippen molar-refractivity contribution in [2.24, 2.45) is 0 Å². The van der Waals surface area contributed by atoms with Crippen LogP contribution in [0.4, 0.5) is 10.5 Å². The molecular weight excluding hydrogens is 376 g/mol. The molecule has 0 aliphatic heterocycles. The van der Waals surface area contributed by atoms with Crippen molar-refractivity contribution in [1.29, 1.82) is 0 Å². The molecule has 2 aromatic carbocycles. The molecule has 0 fully saturated rings. The Morgan fingerprint density at radius 1 is 1.00 bits per heavy atom. The molecule has 6 nitrogen and oxygen atoms in total. The fourth-order valence-corrected chi connectivity index (χ4v) is 2.81. The van der Waals surface area contributed by atoms with Gasteiger partial charge < -0.3 is 20.1 Å². The lowest BCUT2D eigenvalue weighted by molar-refractivity contribution is -0.113. The summed E-state index contributed by atoms with van der Waals surface area (Å²) in [6, 6.07) is 16.7. The van der Waals surface area contributed by atoms with Crippen molar-refractivity contribution >= 4 is 29.4 Å². The summed E-state index contributed by atoms with van der Waals surface area (Å²) in [5, 5.41) is 5.53. The number of para-hydroxylation sites is 3. The third-order valence-electron chi connectivity index (χ3n) is 3.28. The van der Waals surface area contributed by atoms with Crippen LogP contribution in [0.2, 0.25) is 0 Å². The molecule has 150 valence electrons. The van der Waals surface area contributed by atoms with Gasteiger partial charge in [-0.05, 0) is 45.0 Å². The number of hydrogen-bond donors (Lipinski definition) is 2. The highest BCUT2D eigenvalue weighted by atomic mass is 32.2. The second-order valence-electron chi connectivity index (χ2n) is 6.94. The van der Waals surface area contributed by atoms with E-state index in [-0.39, 0.29) is 11.7 Å². The van der Waals surface area contributed by atoms with E-state index in [9.17, 15) is 9.59 Å². The smallest absolute Gasteiger partial charge is 0.407 e. The SMILES string of the molecule is CC(C)(C)OC(=O)NCCSCC(=O)Nc1ccccc1Oc1ccccc1. The number of nitrogens with one attached hydrogen (secondary N) is 2. The summed E-state index contributed by atoms with van der Waals surface area (Å²) < 4.78 is 11.0. The highest BCUT2D eigenvalue weighted by Crippen LogP contribution is 2.29. The molecule has 0 aliphatic carbocycles. The lowest BCUT2D eigenvalue weighted by Crippen LogP contribution is -2.33. The van der Waals surface area contributed by atoms with Gasteiger partial charge in [0.05, 0.1) is 11.4 Å². The number of amides is 2. The molecule has 0 atom stereocenters. The molecular formula is C21H26N2O4S. The molecule has 0 saturated heterocycles. The topological polar surface area (TPSA) is 76.7 Å². The average Bonchev–Trinajstić information content (AvgIpc) is 2.62. The van der Waals surface area contributed by atoms with Gasteiger partial charge in [0.2, 0.25) is 5.91 Å². The Labute approximate surface area is 170 Å². The number of benzene rings is 2. The van der Waals surface area contributed by atoms with Gasteiger partial charge in [0.15, 0.2) is 5.75 Å². The average molecular weight is 403 g/mol. The first kappa shape index (κ1) is 21.6. The van der Waals surface area contributed by atoms with Crippen LogP contribution in [-0.4, -0.2) is 35.7 Å². The van der Waals surface area contributed by atoms with E-state index in [0.29, 0.717) is 29.5 Å². The van der Waals surface area contributed by atoms with Crippen LogP contribution in [-0.2, 0) is 9.53 Å². The summed E-state index contributed by atoms with van der Waals surface area (Å²) in [4.78, 5) is 23.8. The van der Waals surface area contributed by atoms with Crippen molar-refractivity contribution in [3.05, 3.63) is 54.6 Å². The van der Waals surface area contributed by atoms with Crippen LogP contribution in [0.15, 0.2) is 54.6 Å². The van der Waals surface area contributed by atoms with Gasteiger partial charge in [0, 0.05) is 12.3 Å². The van der Waals surface area contributed by atoms with Gasteiger partial charge in [-0.25, -0.2) is 4.79 Å². The fourth-order valence-electron chi connectivity index (χ4n) is 2.17. The summed E-state index contributed by atoms with van der Waals surface area (Å²) in [7, 11) is 0. The quantitative estimate of drug-likeness (QED) is 0.627. The van der Waals surface area contributed by atoms with Crippen molar-refractivity contribution in [3.63, 3.8) is 0 Å². The Hall–Kier alpha value is -2.67. The minimum atomic E-state index is -0.522.